The van der Waals surface area contributed by atoms with Gasteiger partial charge in [0.2, 0.25) is 0 Å². The van der Waals surface area contributed by atoms with Crippen LogP contribution in [0.25, 0.3) is 5.57 Å². The molecule has 0 unspecified atom stereocenters. The molecule has 1 heterocycles. The Kier molecular flexibility index (Phi) is 7.00. The second-order valence-electron chi connectivity index (χ2n) is 7.77. The first-order valence-electron chi connectivity index (χ1n) is 9.12. The van der Waals surface area contributed by atoms with E-state index >= 15 is 0 Å². The Balaban J connectivity index is 2.51. The highest BCUT2D eigenvalue weighted by Gasteiger charge is 2.52. The van der Waals surface area contributed by atoms with E-state index in [0.717, 1.165) is 18.3 Å². The maximum Gasteiger partial charge on any atom is 0.497 e. The third-order valence-electron chi connectivity index (χ3n) is 5.15. The molecule has 1 fully saturated rings. The standard InChI is InChI=1S/C19H24BF5N2O3/c1-17(2)18(3,4)30-20(29-17)13-7-6-11(14(21)15(13)22)12(10-27-8-9-28-5)16(26)19(23,24)25/h6-7,10H,8-9,26H2,1-5H3/b16-12+,27-10?. The van der Waals surface area contributed by atoms with Crippen LogP contribution in [0, 0.1) is 11.6 Å². The van der Waals surface area contributed by atoms with Crippen LogP contribution in [0.1, 0.15) is 33.3 Å². The highest BCUT2D eigenvalue weighted by molar-refractivity contribution is 6.62. The number of hydrogen-bond donors (Lipinski definition) is 1. The summed E-state index contributed by atoms with van der Waals surface area (Å²) in [6.07, 6.45) is -4.20. The number of allylic oxidation sites excluding steroid dienone is 2. The van der Waals surface area contributed by atoms with Crippen molar-refractivity contribution in [1.82, 2.24) is 0 Å². The van der Waals surface area contributed by atoms with Gasteiger partial charge in [-0.3, -0.25) is 4.99 Å². The molecule has 0 bridgehead atoms. The van der Waals surface area contributed by atoms with E-state index in [1.807, 2.05) is 0 Å². The zero-order valence-electron chi connectivity index (χ0n) is 17.4. The minimum absolute atomic E-state index is 0.0151. The summed E-state index contributed by atoms with van der Waals surface area (Å²) in [6.45, 7) is 7.08. The highest BCUT2D eigenvalue weighted by atomic mass is 19.4. The third-order valence-corrected chi connectivity index (χ3v) is 5.15. The van der Waals surface area contributed by atoms with Crippen molar-refractivity contribution >= 4 is 24.4 Å². The number of benzene rings is 1. The number of nitrogens with two attached hydrogens (primary N) is 1. The zero-order valence-corrected chi connectivity index (χ0v) is 17.4. The van der Waals surface area contributed by atoms with Crippen molar-refractivity contribution < 1.29 is 36.0 Å². The largest absolute Gasteiger partial charge is 0.497 e. The molecule has 0 saturated carbocycles. The fourth-order valence-electron chi connectivity index (χ4n) is 2.66. The van der Waals surface area contributed by atoms with Gasteiger partial charge < -0.3 is 19.8 Å². The summed E-state index contributed by atoms with van der Waals surface area (Å²) in [7, 11) is 0.168. The van der Waals surface area contributed by atoms with Gasteiger partial charge in [-0.2, -0.15) is 13.2 Å². The number of rotatable bonds is 6. The quantitative estimate of drug-likeness (QED) is 0.323. The zero-order chi connectivity index (χ0) is 22.9. The van der Waals surface area contributed by atoms with E-state index < -0.39 is 53.0 Å². The third kappa shape index (κ3) is 4.84. The van der Waals surface area contributed by atoms with Crippen molar-refractivity contribution in [3.63, 3.8) is 0 Å². The fraction of sp³-hybridized carbons (Fsp3) is 0.526. The van der Waals surface area contributed by atoms with Gasteiger partial charge in [0.05, 0.1) is 24.4 Å². The Hall–Kier alpha value is -1.98. The first-order valence-corrected chi connectivity index (χ1v) is 9.12. The minimum atomic E-state index is -4.96. The molecule has 0 radical (unpaired) electrons. The summed E-state index contributed by atoms with van der Waals surface area (Å²) in [4.78, 5) is 3.75. The van der Waals surface area contributed by atoms with Gasteiger partial charge in [0, 0.05) is 29.9 Å². The second-order valence-corrected chi connectivity index (χ2v) is 7.77. The summed E-state index contributed by atoms with van der Waals surface area (Å²) < 4.78 is 85.3. The summed E-state index contributed by atoms with van der Waals surface area (Å²) in [5.41, 5.74) is 0.254. The van der Waals surface area contributed by atoms with Gasteiger partial charge in [-0.1, -0.05) is 12.1 Å². The number of halogens is 5. The van der Waals surface area contributed by atoms with Crippen LogP contribution >= 0.6 is 0 Å². The minimum Gasteiger partial charge on any atom is -0.399 e. The normalized spacial score (nSPS) is 19.5. The topological polar surface area (TPSA) is 66.1 Å². The van der Waals surface area contributed by atoms with Gasteiger partial charge in [-0.25, -0.2) is 8.78 Å². The molecular weight excluding hydrogens is 410 g/mol. The molecule has 1 saturated heterocycles. The van der Waals surface area contributed by atoms with Crippen molar-refractivity contribution in [3.05, 3.63) is 35.0 Å². The maximum absolute atomic E-state index is 14.8. The molecule has 5 nitrogen and oxygen atoms in total. The summed E-state index contributed by atoms with van der Waals surface area (Å²) in [5.74, 6) is -2.90. The van der Waals surface area contributed by atoms with Gasteiger partial charge in [0.25, 0.3) is 0 Å². The van der Waals surface area contributed by atoms with E-state index in [9.17, 15) is 22.0 Å². The van der Waals surface area contributed by atoms with E-state index in [-0.39, 0.29) is 18.6 Å². The lowest BCUT2D eigenvalue weighted by Gasteiger charge is -2.32. The SMILES string of the molecule is COCCN=C/C(=C(\N)C(F)(F)F)c1ccc(B2OC(C)(C)C(C)(C)O2)c(F)c1F. The number of nitrogens with zero attached hydrogens (tertiary/aromatic N) is 1. The Labute approximate surface area is 172 Å². The molecule has 0 aromatic heterocycles. The number of ether oxygens (including phenoxy) is 1. The Bertz CT molecular complexity index is 837. The molecule has 0 amide bonds. The Morgan fingerprint density at radius 1 is 1.13 bits per heavy atom. The fourth-order valence-corrected chi connectivity index (χ4v) is 2.66. The lowest BCUT2D eigenvalue weighted by atomic mass is 9.77. The molecule has 11 heteroatoms. The second kappa shape index (κ2) is 8.64. The van der Waals surface area contributed by atoms with E-state index in [0.29, 0.717) is 0 Å². The molecule has 0 atom stereocenters. The predicted molar refractivity (Wildman–Crippen MR) is 104 cm³/mol. The molecule has 0 spiro atoms. The van der Waals surface area contributed by atoms with E-state index in [1.165, 1.54) is 7.11 Å². The van der Waals surface area contributed by atoms with Gasteiger partial charge in [0.1, 0.15) is 5.70 Å². The first kappa shape index (κ1) is 24.3. The van der Waals surface area contributed by atoms with Gasteiger partial charge in [0.15, 0.2) is 11.6 Å². The molecule has 30 heavy (non-hydrogen) atoms. The summed E-state index contributed by atoms with van der Waals surface area (Å²) in [5, 5.41) is 0. The molecule has 166 valence electrons. The first-order chi connectivity index (χ1) is 13.7. The summed E-state index contributed by atoms with van der Waals surface area (Å²) >= 11 is 0. The van der Waals surface area contributed by atoms with Gasteiger partial charge in [-0.05, 0) is 27.7 Å². The smallest absolute Gasteiger partial charge is 0.399 e. The van der Waals surface area contributed by atoms with Crippen molar-refractivity contribution in [2.45, 2.75) is 45.1 Å². The van der Waals surface area contributed by atoms with Gasteiger partial charge >= 0.3 is 13.3 Å². The van der Waals surface area contributed by atoms with E-state index in [4.69, 9.17) is 19.8 Å². The Morgan fingerprint density at radius 3 is 2.20 bits per heavy atom. The van der Waals surface area contributed by atoms with Crippen LogP contribution in [0.3, 0.4) is 0 Å². The molecular formula is C19H24BF5N2O3. The maximum atomic E-state index is 14.8. The van der Waals surface area contributed by atoms with Crippen LogP contribution in [-0.4, -0.2) is 51.0 Å². The molecule has 1 aromatic carbocycles. The van der Waals surface area contributed by atoms with Crippen LogP contribution in [-0.2, 0) is 14.0 Å². The van der Waals surface area contributed by atoms with Crippen molar-refractivity contribution in [1.29, 1.82) is 0 Å². The van der Waals surface area contributed by atoms with Crippen molar-refractivity contribution in [2.24, 2.45) is 10.7 Å². The van der Waals surface area contributed by atoms with Crippen molar-refractivity contribution in [2.75, 3.05) is 20.3 Å². The average Bonchev–Trinajstić information content (AvgIpc) is 2.84. The monoisotopic (exact) mass is 434 g/mol. The van der Waals surface area contributed by atoms with Crippen LogP contribution in [0.4, 0.5) is 22.0 Å². The molecule has 1 aliphatic rings. The lowest BCUT2D eigenvalue weighted by Crippen LogP contribution is -2.41. The van der Waals surface area contributed by atoms with Crippen LogP contribution in [0.5, 0.6) is 0 Å². The predicted octanol–water partition coefficient (Wildman–Crippen LogP) is 3.21. The lowest BCUT2D eigenvalue weighted by molar-refractivity contribution is -0.0918. The molecule has 0 aliphatic carbocycles. The average molecular weight is 434 g/mol. The molecule has 2 N–H and O–H groups in total. The number of alkyl halides is 3. The number of hydrogen-bond acceptors (Lipinski definition) is 5. The summed E-state index contributed by atoms with van der Waals surface area (Å²) in [6, 6.07) is 2.11. The number of methoxy groups -OCH3 is 1. The molecule has 1 aliphatic heterocycles. The molecule has 2 rings (SSSR count). The van der Waals surface area contributed by atoms with Crippen molar-refractivity contribution in [3.8, 4) is 0 Å². The highest BCUT2D eigenvalue weighted by Crippen LogP contribution is 2.37. The van der Waals surface area contributed by atoms with Crippen LogP contribution in [0.15, 0.2) is 22.8 Å². The van der Waals surface area contributed by atoms with Gasteiger partial charge in [-0.15, -0.1) is 0 Å². The van der Waals surface area contributed by atoms with E-state index in [1.54, 1.807) is 27.7 Å². The molecule has 1 aromatic rings. The van der Waals surface area contributed by atoms with Crippen LogP contribution in [0.2, 0.25) is 0 Å². The van der Waals surface area contributed by atoms with Crippen LogP contribution < -0.4 is 11.2 Å². The van der Waals surface area contributed by atoms with E-state index in [2.05, 4.69) is 4.99 Å². The Morgan fingerprint density at radius 2 is 1.70 bits per heavy atom. The number of aliphatic imine (C=N–C) groups is 1.